The van der Waals surface area contributed by atoms with Crippen LogP contribution in [0.4, 0.5) is 10.2 Å². The summed E-state index contributed by atoms with van der Waals surface area (Å²) in [5, 5.41) is 6.33. The number of pyridine rings is 1. The standard InChI is InChI=1S/C18H24FN5.HI/c1-4-20-18(23-13-15-7-5-6-8-16(15)19)22-12-14-9-10-21-17(11-14)24(2)3;/h5-11H,4,12-13H2,1-3H3,(H2,20,22,23);1H. The Labute approximate surface area is 165 Å². The fourth-order valence-electron chi connectivity index (χ4n) is 2.14. The number of hydrogen-bond donors (Lipinski definition) is 2. The van der Waals surface area contributed by atoms with Crippen LogP contribution in [0.15, 0.2) is 47.6 Å². The van der Waals surface area contributed by atoms with Crippen molar-refractivity contribution >= 4 is 35.8 Å². The third-order valence-electron chi connectivity index (χ3n) is 3.44. The number of rotatable bonds is 6. The van der Waals surface area contributed by atoms with Crippen molar-refractivity contribution in [3.05, 3.63) is 59.5 Å². The van der Waals surface area contributed by atoms with E-state index in [4.69, 9.17) is 0 Å². The lowest BCUT2D eigenvalue weighted by atomic mass is 10.2. The normalized spacial score (nSPS) is 10.8. The van der Waals surface area contributed by atoms with E-state index in [0.29, 0.717) is 24.6 Å². The molecule has 0 bridgehead atoms. The molecule has 0 saturated carbocycles. The molecule has 0 aliphatic rings. The molecule has 136 valence electrons. The third-order valence-corrected chi connectivity index (χ3v) is 3.44. The molecule has 0 unspecified atom stereocenters. The van der Waals surface area contributed by atoms with Crippen LogP contribution < -0.4 is 15.5 Å². The third kappa shape index (κ3) is 6.85. The SMILES string of the molecule is CCNC(=NCc1ccnc(N(C)C)c1)NCc1ccccc1F.I. The van der Waals surface area contributed by atoms with Crippen LogP contribution in [0.25, 0.3) is 0 Å². The molecule has 0 atom stereocenters. The van der Waals surface area contributed by atoms with Crippen LogP contribution in [0.3, 0.4) is 0 Å². The van der Waals surface area contributed by atoms with Crippen molar-refractivity contribution in [3.63, 3.8) is 0 Å². The molecule has 0 fully saturated rings. The molecular weight excluding hydrogens is 432 g/mol. The molecule has 1 aromatic heterocycles. The monoisotopic (exact) mass is 457 g/mol. The van der Waals surface area contributed by atoms with Crippen molar-refractivity contribution in [2.45, 2.75) is 20.0 Å². The number of aliphatic imine (C=N–C) groups is 1. The maximum Gasteiger partial charge on any atom is 0.191 e. The second kappa shape index (κ2) is 10.9. The van der Waals surface area contributed by atoms with Gasteiger partial charge in [0, 0.05) is 38.9 Å². The summed E-state index contributed by atoms with van der Waals surface area (Å²) in [6, 6.07) is 10.7. The summed E-state index contributed by atoms with van der Waals surface area (Å²) >= 11 is 0. The molecule has 0 spiro atoms. The van der Waals surface area contributed by atoms with E-state index in [0.717, 1.165) is 17.9 Å². The Kier molecular flexibility index (Phi) is 9.18. The number of nitrogens with one attached hydrogen (secondary N) is 2. The minimum Gasteiger partial charge on any atom is -0.363 e. The summed E-state index contributed by atoms with van der Waals surface area (Å²) in [5.41, 5.74) is 1.68. The molecule has 2 aromatic rings. The zero-order chi connectivity index (χ0) is 17.4. The first-order valence-corrected chi connectivity index (χ1v) is 7.98. The van der Waals surface area contributed by atoms with Gasteiger partial charge in [0.1, 0.15) is 11.6 Å². The highest BCUT2D eigenvalue weighted by molar-refractivity contribution is 14.0. The molecular formula is C18H25FIN5. The first kappa shape index (κ1) is 21.1. The first-order chi connectivity index (χ1) is 11.6. The van der Waals surface area contributed by atoms with Gasteiger partial charge in [-0.1, -0.05) is 18.2 Å². The number of hydrogen-bond acceptors (Lipinski definition) is 3. The average Bonchev–Trinajstić information content (AvgIpc) is 2.59. The van der Waals surface area contributed by atoms with E-state index < -0.39 is 0 Å². The summed E-state index contributed by atoms with van der Waals surface area (Å²) < 4.78 is 13.7. The predicted molar refractivity (Wildman–Crippen MR) is 112 cm³/mol. The maximum absolute atomic E-state index is 13.7. The van der Waals surface area contributed by atoms with Crippen LogP contribution in [-0.2, 0) is 13.1 Å². The van der Waals surface area contributed by atoms with Crippen LogP contribution in [0.5, 0.6) is 0 Å². The Bertz CT molecular complexity index is 691. The average molecular weight is 457 g/mol. The van der Waals surface area contributed by atoms with Gasteiger partial charge in [-0.3, -0.25) is 0 Å². The number of anilines is 1. The van der Waals surface area contributed by atoms with Crippen molar-refractivity contribution in [1.29, 1.82) is 0 Å². The summed E-state index contributed by atoms with van der Waals surface area (Å²) in [6.07, 6.45) is 1.78. The molecule has 0 aliphatic carbocycles. The van der Waals surface area contributed by atoms with Crippen molar-refractivity contribution in [3.8, 4) is 0 Å². The number of halogens is 2. The molecule has 2 rings (SSSR count). The van der Waals surface area contributed by atoms with Gasteiger partial charge >= 0.3 is 0 Å². The molecule has 7 heteroatoms. The summed E-state index contributed by atoms with van der Waals surface area (Å²) in [4.78, 5) is 10.8. The fraction of sp³-hybridized carbons (Fsp3) is 0.333. The smallest absolute Gasteiger partial charge is 0.191 e. The van der Waals surface area contributed by atoms with Gasteiger partial charge in [0.15, 0.2) is 5.96 Å². The van der Waals surface area contributed by atoms with E-state index in [1.54, 1.807) is 18.3 Å². The van der Waals surface area contributed by atoms with Gasteiger partial charge in [-0.25, -0.2) is 14.4 Å². The topological polar surface area (TPSA) is 52.6 Å². The highest BCUT2D eigenvalue weighted by atomic mass is 127. The molecule has 2 N–H and O–H groups in total. The predicted octanol–water partition coefficient (Wildman–Crippen LogP) is 3.16. The highest BCUT2D eigenvalue weighted by Crippen LogP contribution is 2.10. The summed E-state index contributed by atoms with van der Waals surface area (Å²) in [6.45, 7) is 3.65. The van der Waals surface area contributed by atoms with Gasteiger partial charge in [0.05, 0.1) is 6.54 Å². The van der Waals surface area contributed by atoms with E-state index in [2.05, 4.69) is 20.6 Å². The van der Waals surface area contributed by atoms with Crippen LogP contribution >= 0.6 is 24.0 Å². The Morgan fingerprint density at radius 3 is 2.64 bits per heavy atom. The van der Waals surface area contributed by atoms with Gasteiger partial charge in [-0.2, -0.15) is 0 Å². The van der Waals surface area contributed by atoms with Crippen LogP contribution in [-0.4, -0.2) is 31.6 Å². The quantitative estimate of drug-likeness (QED) is 0.398. The zero-order valence-electron chi connectivity index (χ0n) is 14.8. The van der Waals surface area contributed by atoms with E-state index in [1.165, 1.54) is 6.07 Å². The van der Waals surface area contributed by atoms with E-state index >= 15 is 0 Å². The van der Waals surface area contributed by atoms with Gasteiger partial charge in [-0.15, -0.1) is 24.0 Å². The molecule has 0 radical (unpaired) electrons. The van der Waals surface area contributed by atoms with Crippen LogP contribution in [0.1, 0.15) is 18.1 Å². The van der Waals surface area contributed by atoms with Crippen molar-refractivity contribution in [2.75, 3.05) is 25.5 Å². The van der Waals surface area contributed by atoms with E-state index in [1.807, 2.05) is 44.1 Å². The molecule has 0 aliphatic heterocycles. The second-order valence-corrected chi connectivity index (χ2v) is 5.56. The summed E-state index contributed by atoms with van der Waals surface area (Å²) in [5.74, 6) is 1.33. The lowest BCUT2D eigenvalue weighted by Gasteiger charge is -2.13. The number of benzene rings is 1. The van der Waals surface area contributed by atoms with Gasteiger partial charge in [0.2, 0.25) is 0 Å². The first-order valence-electron chi connectivity index (χ1n) is 7.98. The zero-order valence-corrected chi connectivity index (χ0v) is 17.1. The van der Waals surface area contributed by atoms with Crippen LogP contribution in [0, 0.1) is 5.82 Å². The fourth-order valence-corrected chi connectivity index (χ4v) is 2.14. The molecule has 25 heavy (non-hydrogen) atoms. The van der Waals surface area contributed by atoms with Crippen molar-refractivity contribution in [1.82, 2.24) is 15.6 Å². The Hall–Kier alpha value is -1.90. The number of nitrogens with zero attached hydrogens (tertiary/aromatic N) is 3. The maximum atomic E-state index is 13.7. The number of aromatic nitrogens is 1. The Balaban J connectivity index is 0.00000312. The molecule has 0 saturated heterocycles. The number of guanidine groups is 1. The van der Waals surface area contributed by atoms with Gasteiger partial charge in [-0.05, 0) is 30.7 Å². The summed E-state index contributed by atoms with van der Waals surface area (Å²) in [7, 11) is 3.91. The molecule has 5 nitrogen and oxygen atoms in total. The van der Waals surface area contributed by atoms with Crippen molar-refractivity contribution < 1.29 is 4.39 Å². The van der Waals surface area contributed by atoms with Gasteiger partial charge < -0.3 is 15.5 Å². The highest BCUT2D eigenvalue weighted by Gasteiger charge is 2.03. The van der Waals surface area contributed by atoms with E-state index in [9.17, 15) is 4.39 Å². The lowest BCUT2D eigenvalue weighted by Crippen LogP contribution is -2.37. The minimum absolute atomic E-state index is 0. The Morgan fingerprint density at radius 2 is 1.96 bits per heavy atom. The van der Waals surface area contributed by atoms with Crippen molar-refractivity contribution in [2.24, 2.45) is 4.99 Å². The Morgan fingerprint density at radius 1 is 1.20 bits per heavy atom. The van der Waals surface area contributed by atoms with Crippen LogP contribution in [0.2, 0.25) is 0 Å². The lowest BCUT2D eigenvalue weighted by molar-refractivity contribution is 0.604. The van der Waals surface area contributed by atoms with E-state index in [-0.39, 0.29) is 29.8 Å². The molecule has 0 amide bonds. The largest absolute Gasteiger partial charge is 0.363 e. The second-order valence-electron chi connectivity index (χ2n) is 5.56. The minimum atomic E-state index is -0.217. The molecule has 1 aromatic carbocycles. The molecule has 1 heterocycles. The van der Waals surface area contributed by atoms with Gasteiger partial charge in [0.25, 0.3) is 0 Å².